The van der Waals surface area contributed by atoms with E-state index in [0.717, 1.165) is 0 Å². The Kier molecular flexibility index (Phi) is 8.72. The third-order valence-corrected chi connectivity index (χ3v) is 4.83. The first kappa shape index (κ1) is 25.6. The molecular weight excluding hydrogens is 432 g/mol. The van der Waals surface area contributed by atoms with Crippen LogP contribution in [0.1, 0.15) is 43.1 Å². The maximum absolute atomic E-state index is 12.8. The zero-order chi connectivity index (χ0) is 24.7. The van der Waals surface area contributed by atoms with E-state index in [0.29, 0.717) is 11.3 Å². The summed E-state index contributed by atoms with van der Waals surface area (Å²) in [5, 5.41) is 15.8. The summed E-state index contributed by atoms with van der Waals surface area (Å²) in [4.78, 5) is 37.4. The molecule has 0 aliphatic rings. The molecule has 0 bridgehead atoms. The second-order valence-electron chi connectivity index (χ2n) is 7.62. The largest absolute Gasteiger partial charge is 0.507 e. The van der Waals surface area contributed by atoms with Crippen molar-refractivity contribution in [2.45, 2.75) is 39.2 Å². The summed E-state index contributed by atoms with van der Waals surface area (Å²) in [5.41, 5.74) is -0.518. The van der Waals surface area contributed by atoms with E-state index in [4.69, 9.17) is 18.6 Å². The number of aryl methyl sites for hydroxylation is 1. The maximum Gasteiger partial charge on any atom is 0.343 e. The van der Waals surface area contributed by atoms with Gasteiger partial charge in [0.2, 0.25) is 17.6 Å². The van der Waals surface area contributed by atoms with E-state index in [2.05, 4.69) is 10.6 Å². The van der Waals surface area contributed by atoms with Crippen molar-refractivity contribution in [1.82, 2.24) is 10.6 Å². The highest BCUT2D eigenvalue weighted by Crippen LogP contribution is 2.45. The zero-order valence-corrected chi connectivity index (χ0v) is 19.6. The van der Waals surface area contributed by atoms with Gasteiger partial charge in [-0.2, -0.15) is 0 Å². The zero-order valence-electron chi connectivity index (χ0n) is 19.6. The molecule has 0 spiro atoms. The molecule has 10 heteroatoms. The van der Waals surface area contributed by atoms with Crippen molar-refractivity contribution in [3.05, 3.63) is 45.5 Å². The molecule has 0 radical (unpaired) electrons. The van der Waals surface area contributed by atoms with E-state index in [-0.39, 0.29) is 53.5 Å². The normalized spacial score (nSPS) is 11.6. The quantitative estimate of drug-likeness (QED) is 0.487. The van der Waals surface area contributed by atoms with Gasteiger partial charge in [0, 0.05) is 30.0 Å². The van der Waals surface area contributed by atoms with Crippen LogP contribution >= 0.6 is 0 Å². The third-order valence-electron chi connectivity index (χ3n) is 4.83. The molecule has 10 nitrogen and oxygen atoms in total. The van der Waals surface area contributed by atoms with Gasteiger partial charge in [-0.3, -0.25) is 9.59 Å². The molecule has 1 heterocycles. The lowest BCUT2D eigenvalue weighted by molar-refractivity contribution is -0.126. The van der Waals surface area contributed by atoms with Crippen molar-refractivity contribution in [3.8, 4) is 23.0 Å². The minimum Gasteiger partial charge on any atom is -0.507 e. The number of carbonyl (C=O) groups is 2. The van der Waals surface area contributed by atoms with Gasteiger partial charge < -0.3 is 34.4 Å². The van der Waals surface area contributed by atoms with Gasteiger partial charge in [-0.1, -0.05) is 6.07 Å². The van der Waals surface area contributed by atoms with Crippen LogP contribution in [0.4, 0.5) is 0 Å². The number of benzene rings is 1. The summed E-state index contributed by atoms with van der Waals surface area (Å²) >= 11 is 0. The molecule has 33 heavy (non-hydrogen) atoms. The van der Waals surface area contributed by atoms with Gasteiger partial charge in [0.05, 0.1) is 33.4 Å². The summed E-state index contributed by atoms with van der Waals surface area (Å²) in [7, 11) is 4.30. The Morgan fingerprint density at radius 1 is 1.06 bits per heavy atom. The summed E-state index contributed by atoms with van der Waals surface area (Å²) in [6.45, 7) is 4.90. The Morgan fingerprint density at radius 2 is 1.73 bits per heavy atom. The molecule has 0 aliphatic carbocycles. The number of aromatic hydroxyl groups is 1. The minimum absolute atomic E-state index is 0.0766. The summed E-state index contributed by atoms with van der Waals surface area (Å²) in [6.07, 6.45) is -0.276. The lowest BCUT2D eigenvalue weighted by atomic mass is 9.87. The number of amides is 2. The van der Waals surface area contributed by atoms with E-state index in [1.807, 2.05) is 0 Å². The first-order chi connectivity index (χ1) is 15.6. The van der Waals surface area contributed by atoms with Crippen LogP contribution in [0.3, 0.4) is 0 Å². The Hall–Kier alpha value is -3.69. The lowest BCUT2D eigenvalue weighted by Gasteiger charge is -2.22. The van der Waals surface area contributed by atoms with Gasteiger partial charge in [0.1, 0.15) is 11.5 Å². The molecule has 2 aromatic rings. The molecule has 0 aliphatic heterocycles. The highest BCUT2D eigenvalue weighted by Gasteiger charge is 2.30. The van der Waals surface area contributed by atoms with Crippen molar-refractivity contribution in [1.29, 1.82) is 0 Å². The average Bonchev–Trinajstić information content (AvgIpc) is 2.74. The Balaban J connectivity index is 2.53. The number of rotatable bonds is 10. The van der Waals surface area contributed by atoms with E-state index < -0.39 is 17.5 Å². The molecule has 1 aromatic carbocycles. The van der Waals surface area contributed by atoms with Crippen LogP contribution in [0.15, 0.2) is 27.4 Å². The molecule has 0 fully saturated rings. The number of methoxy groups -OCH3 is 3. The number of hydrogen-bond acceptors (Lipinski definition) is 8. The summed E-state index contributed by atoms with van der Waals surface area (Å²) in [6, 6.07) is 4.44. The minimum atomic E-state index is -0.968. The van der Waals surface area contributed by atoms with Crippen LogP contribution in [-0.4, -0.2) is 50.8 Å². The highest BCUT2D eigenvalue weighted by atomic mass is 16.5. The molecular formula is C23H30N2O8. The third kappa shape index (κ3) is 6.18. The average molecular weight is 462 g/mol. The number of nitrogens with one attached hydrogen (secondary N) is 2. The molecule has 3 N–H and O–H groups in total. The van der Waals surface area contributed by atoms with Crippen LogP contribution in [0.25, 0.3) is 0 Å². The second kappa shape index (κ2) is 11.3. The fraction of sp³-hybridized carbons (Fsp3) is 0.435. The van der Waals surface area contributed by atoms with Crippen molar-refractivity contribution in [2.75, 3.05) is 27.9 Å². The van der Waals surface area contributed by atoms with E-state index in [1.54, 1.807) is 26.0 Å². The van der Waals surface area contributed by atoms with E-state index in [1.165, 1.54) is 34.3 Å². The first-order valence-corrected chi connectivity index (χ1v) is 10.3. The lowest BCUT2D eigenvalue weighted by Crippen LogP contribution is -2.40. The maximum atomic E-state index is 12.8. The number of carbonyl (C=O) groups excluding carboxylic acids is 2. The van der Waals surface area contributed by atoms with Crippen LogP contribution in [0.2, 0.25) is 0 Å². The van der Waals surface area contributed by atoms with Crippen LogP contribution in [-0.2, 0) is 9.59 Å². The summed E-state index contributed by atoms with van der Waals surface area (Å²) in [5.74, 6) is -1.07. The van der Waals surface area contributed by atoms with Gasteiger partial charge in [-0.05, 0) is 26.8 Å². The second-order valence-corrected chi connectivity index (χ2v) is 7.62. The molecule has 1 aromatic heterocycles. The SMILES string of the molecule is COc1ccc([C@@H](CC(=O)NCC(=O)NC(C)C)c2c(O)cc(C)oc2=O)c(OC)c1OC. The van der Waals surface area contributed by atoms with Crippen LogP contribution in [0.5, 0.6) is 23.0 Å². The number of hydrogen-bond donors (Lipinski definition) is 3. The molecule has 0 unspecified atom stereocenters. The monoisotopic (exact) mass is 462 g/mol. The van der Waals surface area contributed by atoms with Gasteiger partial charge >= 0.3 is 5.63 Å². The molecule has 0 saturated heterocycles. The van der Waals surface area contributed by atoms with Crippen molar-refractivity contribution >= 4 is 11.8 Å². The fourth-order valence-corrected chi connectivity index (χ4v) is 3.50. The molecule has 1 atom stereocenters. The van der Waals surface area contributed by atoms with Crippen molar-refractivity contribution in [3.63, 3.8) is 0 Å². The topological polar surface area (TPSA) is 136 Å². The van der Waals surface area contributed by atoms with Crippen LogP contribution in [0, 0.1) is 6.92 Å². The molecule has 180 valence electrons. The smallest absolute Gasteiger partial charge is 0.343 e. The predicted molar refractivity (Wildman–Crippen MR) is 120 cm³/mol. The Morgan fingerprint density at radius 3 is 2.27 bits per heavy atom. The Bertz CT molecular complexity index is 1060. The predicted octanol–water partition coefficient (Wildman–Crippen LogP) is 1.84. The van der Waals surface area contributed by atoms with Crippen LogP contribution < -0.4 is 30.5 Å². The molecule has 2 rings (SSSR count). The number of ether oxygens (including phenoxy) is 3. The van der Waals surface area contributed by atoms with E-state index in [9.17, 15) is 19.5 Å². The molecule has 0 saturated carbocycles. The van der Waals surface area contributed by atoms with Gasteiger partial charge in [0.25, 0.3) is 0 Å². The molecule has 2 amide bonds. The van der Waals surface area contributed by atoms with Crippen molar-refractivity contribution in [2.24, 2.45) is 0 Å². The van der Waals surface area contributed by atoms with Gasteiger partial charge in [0.15, 0.2) is 11.5 Å². The fourth-order valence-electron chi connectivity index (χ4n) is 3.50. The van der Waals surface area contributed by atoms with E-state index >= 15 is 0 Å². The standard InChI is InChI=1S/C23H30N2O8/c1-12(2)25-19(28)11-24-18(27)10-15(20-16(26)9-13(3)33-23(20)29)14-7-8-17(30-4)22(32-6)21(14)31-5/h7-9,12,15,26H,10-11H2,1-6H3,(H,24,27)(H,25,28)/t15-/m1/s1. The Labute approximate surface area is 191 Å². The first-order valence-electron chi connectivity index (χ1n) is 10.3. The van der Waals surface area contributed by atoms with Crippen molar-refractivity contribution < 1.29 is 33.3 Å². The van der Waals surface area contributed by atoms with Gasteiger partial charge in [-0.25, -0.2) is 4.79 Å². The van der Waals surface area contributed by atoms with Gasteiger partial charge in [-0.15, -0.1) is 0 Å². The highest BCUT2D eigenvalue weighted by molar-refractivity contribution is 5.85. The summed E-state index contributed by atoms with van der Waals surface area (Å²) < 4.78 is 21.4.